The molecule has 61 heavy (non-hydrogen) atoms. The average Bonchev–Trinajstić information content (AvgIpc) is 3.88. The molecule has 0 N–H and O–H groups in total. The van der Waals surface area contributed by atoms with Crippen molar-refractivity contribution in [3.05, 3.63) is 236 Å². The van der Waals surface area contributed by atoms with Gasteiger partial charge in [0.15, 0.2) is 0 Å². The molecule has 1 aliphatic carbocycles. The summed E-state index contributed by atoms with van der Waals surface area (Å²) in [5, 5.41) is 4.69. The van der Waals surface area contributed by atoms with Crippen molar-refractivity contribution in [3.8, 4) is 33.4 Å². The van der Waals surface area contributed by atoms with Crippen molar-refractivity contribution in [2.75, 3.05) is 9.80 Å². The standard InChI is InChI=1S/C58H40N2O/c1-2-18-46-41(14-1)15-12-28-53(46)59(44-36-34-40(35-37-44)39-30-32-42(33-31-39)48-23-13-24-52-51-22-6-10-29-57(51)61-58(48)52)45-17-11-16-43(38-45)47-19-3-7-25-54(47)60-55-26-8-4-20-49(55)50-21-5-9-27-56(50)60/h1-38,49,55H. The van der Waals surface area contributed by atoms with Crippen LogP contribution in [0.5, 0.6) is 0 Å². The molecular formula is C58H40N2O. The number of para-hydroxylation sites is 4. The molecule has 0 bridgehead atoms. The van der Waals surface area contributed by atoms with Crippen molar-refractivity contribution < 1.29 is 4.42 Å². The van der Waals surface area contributed by atoms with Crippen molar-refractivity contribution in [2.45, 2.75) is 12.0 Å². The average molecular weight is 781 g/mol. The van der Waals surface area contributed by atoms with E-state index >= 15 is 0 Å². The molecule has 2 heterocycles. The molecule has 2 aliphatic rings. The first-order valence-electron chi connectivity index (χ1n) is 21.1. The van der Waals surface area contributed by atoms with Crippen LogP contribution in [0, 0.1) is 0 Å². The van der Waals surface area contributed by atoms with Gasteiger partial charge >= 0.3 is 0 Å². The van der Waals surface area contributed by atoms with Crippen LogP contribution in [0.15, 0.2) is 235 Å². The largest absolute Gasteiger partial charge is 0.455 e. The van der Waals surface area contributed by atoms with E-state index < -0.39 is 0 Å². The lowest BCUT2D eigenvalue weighted by Crippen LogP contribution is -2.28. The second-order valence-electron chi connectivity index (χ2n) is 16.0. The number of allylic oxidation sites excluding steroid dienone is 2. The summed E-state index contributed by atoms with van der Waals surface area (Å²) in [5.41, 5.74) is 16.0. The fourth-order valence-electron chi connectivity index (χ4n) is 9.76. The zero-order valence-corrected chi connectivity index (χ0v) is 33.4. The molecule has 0 fully saturated rings. The van der Waals surface area contributed by atoms with E-state index in [2.05, 4.69) is 228 Å². The van der Waals surface area contributed by atoms with E-state index in [4.69, 9.17) is 4.42 Å². The number of nitrogens with zero attached hydrogens (tertiary/aromatic N) is 2. The first kappa shape index (κ1) is 35.1. The van der Waals surface area contributed by atoms with Crippen LogP contribution in [0.1, 0.15) is 11.5 Å². The third kappa shape index (κ3) is 5.89. The fraction of sp³-hybridized carbons (Fsp3) is 0.0345. The summed E-state index contributed by atoms with van der Waals surface area (Å²) in [6, 6.07) is 74.8. The molecular weight excluding hydrogens is 741 g/mol. The van der Waals surface area contributed by atoms with Gasteiger partial charge in [0.1, 0.15) is 11.2 Å². The first-order chi connectivity index (χ1) is 30.3. The molecule has 2 unspecified atom stereocenters. The fourth-order valence-corrected chi connectivity index (χ4v) is 9.76. The van der Waals surface area contributed by atoms with Crippen molar-refractivity contribution in [2.24, 2.45) is 0 Å². The highest BCUT2D eigenvalue weighted by Gasteiger charge is 2.38. The summed E-state index contributed by atoms with van der Waals surface area (Å²) < 4.78 is 6.37. The van der Waals surface area contributed by atoms with Gasteiger partial charge in [-0.25, -0.2) is 0 Å². The molecule has 0 saturated heterocycles. The van der Waals surface area contributed by atoms with E-state index in [1.54, 1.807) is 0 Å². The molecule has 1 aliphatic heterocycles. The normalized spacial score (nSPS) is 15.4. The number of anilines is 5. The molecule has 0 spiro atoms. The van der Waals surface area contributed by atoms with Gasteiger partial charge < -0.3 is 14.2 Å². The predicted octanol–water partition coefficient (Wildman–Crippen LogP) is 15.9. The summed E-state index contributed by atoms with van der Waals surface area (Å²) in [6.45, 7) is 0. The van der Waals surface area contributed by atoms with Crippen molar-refractivity contribution >= 4 is 61.1 Å². The number of fused-ring (bicyclic) bond motifs is 7. The Morgan fingerprint density at radius 1 is 0.426 bits per heavy atom. The maximum absolute atomic E-state index is 6.37. The molecule has 9 aromatic carbocycles. The minimum absolute atomic E-state index is 0.222. The molecule has 1 aromatic heterocycles. The molecule has 3 heteroatoms. The second kappa shape index (κ2) is 14.4. The number of benzene rings is 9. The minimum atomic E-state index is 0.222. The van der Waals surface area contributed by atoms with Gasteiger partial charge in [0, 0.05) is 56.0 Å². The van der Waals surface area contributed by atoms with Crippen LogP contribution in [0.2, 0.25) is 0 Å². The lowest BCUT2D eigenvalue weighted by Gasteiger charge is -2.31. The summed E-state index contributed by atoms with van der Waals surface area (Å²) in [6.07, 6.45) is 9.07. The summed E-state index contributed by atoms with van der Waals surface area (Å²) in [4.78, 5) is 4.94. The van der Waals surface area contributed by atoms with Gasteiger partial charge in [-0.05, 0) is 81.7 Å². The van der Waals surface area contributed by atoms with Crippen molar-refractivity contribution in [3.63, 3.8) is 0 Å². The number of hydrogen-bond donors (Lipinski definition) is 0. The van der Waals surface area contributed by atoms with Crippen LogP contribution < -0.4 is 9.80 Å². The molecule has 2 atom stereocenters. The highest BCUT2D eigenvalue weighted by atomic mass is 16.3. The highest BCUT2D eigenvalue weighted by Crippen LogP contribution is 2.50. The summed E-state index contributed by atoms with van der Waals surface area (Å²) in [7, 11) is 0. The third-order valence-corrected chi connectivity index (χ3v) is 12.6. The molecule has 0 radical (unpaired) electrons. The lowest BCUT2D eigenvalue weighted by atomic mass is 9.91. The zero-order chi connectivity index (χ0) is 40.3. The van der Waals surface area contributed by atoms with Crippen LogP contribution in [0.4, 0.5) is 28.4 Å². The third-order valence-electron chi connectivity index (χ3n) is 12.6. The van der Waals surface area contributed by atoms with Gasteiger partial charge in [0.2, 0.25) is 0 Å². The molecule has 12 rings (SSSR count). The second-order valence-corrected chi connectivity index (χ2v) is 16.0. The van der Waals surface area contributed by atoms with Crippen molar-refractivity contribution in [1.29, 1.82) is 0 Å². The molecule has 0 amide bonds. The summed E-state index contributed by atoms with van der Waals surface area (Å²) >= 11 is 0. The smallest absolute Gasteiger partial charge is 0.143 e. The van der Waals surface area contributed by atoms with E-state index in [9.17, 15) is 0 Å². The Bertz CT molecular complexity index is 3330. The predicted molar refractivity (Wildman–Crippen MR) is 256 cm³/mol. The van der Waals surface area contributed by atoms with Gasteiger partial charge in [-0.2, -0.15) is 0 Å². The number of furan rings is 1. The number of hydrogen-bond acceptors (Lipinski definition) is 3. The Balaban J connectivity index is 0.926. The summed E-state index contributed by atoms with van der Waals surface area (Å²) in [5.74, 6) is 0.320. The lowest BCUT2D eigenvalue weighted by molar-refractivity contribution is 0.670. The number of rotatable bonds is 7. The maximum Gasteiger partial charge on any atom is 0.143 e. The van der Waals surface area contributed by atoms with E-state index in [1.807, 2.05) is 12.1 Å². The van der Waals surface area contributed by atoms with Crippen LogP contribution in [0.3, 0.4) is 0 Å². The van der Waals surface area contributed by atoms with Crippen molar-refractivity contribution in [1.82, 2.24) is 0 Å². The van der Waals surface area contributed by atoms with Crippen LogP contribution in [-0.2, 0) is 0 Å². The van der Waals surface area contributed by atoms with E-state index in [1.165, 1.54) is 38.8 Å². The SMILES string of the molecule is C1=CC2c3ccccc3N(c3ccccc3-c3cccc(N(c4ccc(-c5ccc(-c6cccc7c6oc6ccccc67)cc5)cc4)c4cccc5ccccc45)c3)C2C=C1. The van der Waals surface area contributed by atoms with E-state index in [-0.39, 0.29) is 6.04 Å². The Morgan fingerprint density at radius 2 is 1.07 bits per heavy atom. The topological polar surface area (TPSA) is 19.6 Å². The van der Waals surface area contributed by atoms with E-state index in [0.717, 1.165) is 61.3 Å². The Labute approximate surface area is 355 Å². The zero-order valence-electron chi connectivity index (χ0n) is 33.4. The molecule has 3 nitrogen and oxygen atoms in total. The van der Waals surface area contributed by atoms with Gasteiger partial charge in [-0.3, -0.25) is 0 Å². The monoisotopic (exact) mass is 780 g/mol. The molecule has 0 saturated carbocycles. The highest BCUT2D eigenvalue weighted by molar-refractivity contribution is 6.09. The Hall–Kier alpha value is -7.88. The van der Waals surface area contributed by atoms with Crippen LogP contribution >= 0.6 is 0 Å². The van der Waals surface area contributed by atoms with Gasteiger partial charge in [0.05, 0.1) is 11.7 Å². The maximum atomic E-state index is 6.37. The first-order valence-corrected chi connectivity index (χ1v) is 21.1. The van der Waals surface area contributed by atoms with Gasteiger partial charge in [-0.15, -0.1) is 0 Å². The van der Waals surface area contributed by atoms with E-state index in [0.29, 0.717) is 5.92 Å². The Morgan fingerprint density at radius 3 is 1.95 bits per heavy atom. The quantitative estimate of drug-likeness (QED) is 0.161. The van der Waals surface area contributed by atoms with Gasteiger partial charge in [-0.1, -0.05) is 182 Å². The van der Waals surface area contributed by atoms with Crippen LogP contribution in [-0.4, -0.2) is 6.04 Å². The van der Waals surface area contributed by atoms with Crippen LogP contribution in [0.25, 0.3) is 66.1 Å². The molecule has 10 aromatic rings. The Kier molecular flexibility index (Phi) is 8.31. The minimum Gasteiger partial charge on any atom is -0.455 e. The molecule has 288 valence electrons. The van der Waals surface area contributed by atoms with Gasteiger partial charge in [0.25, 0.3) is 0 Å².